The molecule has 1 unspecified atom stereocenters. The molecule has 0 spiro atoms. The van der Waals surface area contributed by atoms with Crippen LogP contribution in [0.15, 0.2) is 24.5 Å². The first kappa shape index (κ1) is 24.0. The van der Waals surface area contributed by atoms with E-state index in [4.69, 9.17) is 4.74 Å². The molecule has 2 aromatic rings. The molecule has 1 saturated heterocycles. The highest BCUT2D eigenvalue weighted by atomic mass is 19.4. The zero-order chi connectivity index (χ0) is 24.3. The zero-order valence-corrected chi connectivity index (χ0v) is 19.0. The minimum absolute atomic E-state index is 0.0901. The summed E-state index contributed by atoms with van der Waals surface area (Å²) in [6.45, 7) is 2.43. The average molecular weight is 480 g/mol. The molecule has 0 radical (unpaired) electrons. The van der Waals surface area contributed by atoms with Gasteiger partial charge in [0.15, 0.2) is 6.61 Å². The number of halogens is 3. The molecule has 184 valence electrons. The molecule has 8 nitrogen and oxygen atoms in total. The van der Waals surface area contributed by atoms with Crippen molar-refractivity contribution in [2.45, 2.75) is 63.7 Å². The third-order valence-corrected chi connectivity index (χ3v) is 6.41. The van der Waals surface area contributed by atoms with E-state index in [0.29, 0.717) is 31.1 Å². The van der Waals surface area contributed by atoms with Crippen LogP contribution in [-0.2, 0) is 11.0 Å². The number of amides is 2. The van der Waals surface area contributed by atoms with Crippen molar-refractivity contribution in [3.63, 3.8) is 0 Å². The highest BCUT2D eigenvalue weighted by molar-refractivity contribution is 5.95. The van der Waals surface area contributed by atoms with Gasteiger partial charge in [-0.2, -0.15) is 18.3 Å². The van der Waals surface area contributed by atoms with Crippen molar-refractivity contribution >= 4 is 11.8 Å². The van der Waals surface area contributed by atoms with Crippen LogP contribution in [0.4, 0.5) is 13.2 Å². The van der Waals surface area contributed by atoms with E-state index in [0.717, 1.165) is 37.2 Å². The Balaban J connectivity index is 1.31. The fourth-order valence-corrected chi connectivity index (χ4v) is 4.67. The number of aromatic nitrogens is 3. The van der Waals surface area contributed by atoms with Gasteiger partial charge in [-0.3, -0.25) is 19.3 Å². The zero-order valence-electron chi connectivity index (χ0n) is 19.0. The third kappa shape index (κ3) is 5.51. The van der Waals surface area contributed by atoms with Gasteiger partial charge in [-0.25, -0.2) is 0 Å². The highest BCUT2D eigenvalue weighted by Gasteiger charge is 2.33. The van der Waals surface area contributed by atoms with Gasteiger partial charge in [0.1, 0.15) is 11.4 Å². The second-order valence-electron chi connectivity index (χ2n) is 8.85. The molecule has 1 N–H and O–H groups in total. The molecule has 2 aliphatic rings. The summed E-state index contributed by atoms with van der Waals surface area (Å²) in [7, 11) is 0. The number of nitrogens with zero attached hydrogens (tertiary/aromatic N) is 4. The molecule has 3 heterocycles. The highest BCUT2D eigenvalue weighted by Crippen LogP contribution is 2.31. The van der Waals surface area contributed by atoms with E-state index in [2.05, 4.69) is 15.4 Å². The second kappa shape index (κ2) is 10.0. The molecule has 2 fully saturated rings. The summed E-state index contributed by atoms with van der Waals surface area (Å²) in [4.78, 5) is 30.4. The van der Waals surface area contributed by atoms with Gasteiger partial charge in [0, 0.05) is 37.1 Å². The van der Waals surface area contributed by atoms with E-state index in [-0.39, 0.29) is 17.7 Å². The standard InChI is InChI=1S/C23H28F3N5O3/c1-15-19(12-28-31(15)17-6-2-3-7-17)22(33)30-10-4-5-16(13-30)29-21(32)14-34-18-8-9-27-20(11-18)23(24,25)26/h8-9,11-12,16-17H,2-7,10,13-14H2,1H3,(H,29,32). The lowest BCUT2D eigenvalue weighted by Crippen LogP contribution is -2.50. The number of carbonyl (C=O) groups excluding carboxylic acids is 2. The van der Waals surface area contributed by atoms with Crippen molar-refractivity contribution in [3.05, 3.63) is 41.5 Å². The van der Waals surface area contributed by atoms with E-state index in [1.165, 1.54) is 18.9 Å². The van der Waals surface area contributed by atoms with E-state index < -0.39 is 24.4 Å². The number of pyridine rings is 1. The maximum Gasteiger partial charge on any atom is 0.433 e. The van der Waals surface area contributed by atoms with Crippen LogP contribution in [-0.4, -0.2) is 57.2 Å². The summed E-state index contributed by atoms with van der Waals surface area (Å²) in [5.74, 6) is -0.656. The molecule has 1 atom stereocenters. The van der Waals surface area contributed by atoms with Crippen molar-refractivity contribution < 1.29 is 27.5 Å². The predicted octanol–water partition coefficient (Wildman–Crippen LogP) is 3.52. The number of ether oxygens (including phenoxy) is 1. The Hall–Kier alpha value is -3.11. The first-order valence-corrected chi connectivity index (χ1v) is 11.5. The van der Waals surface area contributed by atoms with Crippen LogP contribution in [0.25, 0.3) is 0 Å². The van der Waals surface area contributed by atoms with Gasteiger partial charge in [-0.05, 0) is 38.7 Å². The van der Waals surface area contributed by atoms with Crippen LogP contribution in [0.3, 0.4) is 0 Å². The van der Waals surface area contributed by atoms with Gasteiger partial charge >= 0.3 is 6.18 Å². The summed E-state index contributed by atoms with van der Waals surface area (Å²) in [6.07, 6.45) is 3.96. The van der Waals surface area contributed by atoms with Crippen LogP contribution in [0.1, 0.15) is 66.3 Å². The Morgan fingerprint density at radius 2 is 1.97 bits per heavy atom. The Morgan fingerprint density at radius 3 is 2.71 bits per heavy atom. The molecule has 0 aromatic carbocycles. The predicted molar refractivity (Wildman–Crippen MR) is 116 cm³/mol. The minimum Gasteiger partial charge on any atom is -0.484 e. The smallest absolute Gasteiger partial charge is 0.433 e. The van der Waals surface area contributed by atoms with Gasteiger partial charge in [0.05, 0.1) is 17.8 Å². The fraction of sp³-hybridized carbons (Fsp3) is 0.565. The lowest BCUT2D eigenvalue weighted by Gasteiger charge is -2.33. The van der Waals surface area contributed by atoms with Crippen LogP contribution in [0, 0.1) is 6.92 Å². The number of rotatable bonds is 6. The number of nitrogens with one attached hydrogen (secondary N) is 1. The van der Waals surface area contributed by atoms with Crippen LogP contribution >= 0.6 is 0 Å². The quantitative estimate of drug-likeness (QED) is 0.685. The summed E-state index contributed by atoms with van der Waals surface area (Å²) in [5.41, 5.74) is 0.366. The van der Waals surface area contributed by atoms with Gasteiger partial charge in [-0.15, -0.1) is 0 Å². The first-order chi connectivity index (χ1) is 16.2. The van der Waals surface area contributed by atoms with Gasteiger partial charge in [0.2, 0.25) is 0 Å². The normalized spacial score (nSPS) is 19.3. The molecule has 1 aliphatic heterocycles. The molecular formula is C23H28F3N5O3. The maximum absolute atomic E-state index is 13.1. The summed E-state index contributed by atoms with van der Waals surface area (Å²) in [5, 5.41) is 7.28. The molecule has 1 saturated carbocycles. The van der Waals surface area contributed by atoms with E-state index in [1.54, 1.807) is 11.1 Å². The van der Waals surface area contributed by atoms with Gasteiger partial charge < -0.3 is 15.0 Å². The van der Waals surface area contributed by atoms with Gasteiger partial charge in [0.25, 0.3) is 11.8 Å². The molecule has 1 aliphatic carbocycles. The van der Waals surface area contributed by atoms with Crippen molar-refractivity contribution in [1.82, 2.24) is 25.0 Å². The van der Waals surface area contributed by atoms with Crippen molar-refractivity contribution in [1.29, 1.82) is 0 Å². The number of alkyl halides is 3. The molecule has 4 rings (SSSR count). The van der Waals surface area contributed by atoms with Crippen LogP contribution in [0.2, 0.25) is 0 Å². The number of hydrogen-bond donors (Lipinski definition) is 1. The van der Waals surface area contributed by atoms with Crippen LogP contribution < -0.4 is 10.1 Å². The maximum atomic E-state index is 13.1. The SMILES string of the molecule is Cc1c(C(=O)N2CCCC(NC(=O)COc3ccnc(C(F)(F)F)c3)C2)cnn1C1CCCC1. The Morgan fingerprint density at radius 1 is 1.21 bits per heavy atom. The Bertz CT molecular complexity index is 1030. The average Bonchev–Trinajstić information content (AvgIpc) is 3.47. The summed E-state index contributed by atoms with van der Waals surface area (Å²) in [6, 6.07) is 2.10. The number of carbonyl (C=O) groups is 2. The number of piperidine rings is 1. The lowest BCUT2D eigenvalue weighted by molar-refractivity contribution is -0.141. The second-order valence-corrected chi connectivity index (χ2v) is 8.85. The summed E-state index contributed by atoms with van der Waals surface area (Å²) < 4.78 is 45.5. The topological polar surface area (TPSA) is 89.3 Å². The number of likely N-dealkylation sites (tertiary alicyclic amines) is 1. The van der Waals surface area contributed by atoms with Crippen molar-refractivity contribution in [2.75, 3.05) is 19.7 Å². The largest absolute Gasteiger partial charge is 0.484 e. The Labute approximate surface area is 195 Å². The molecule has 2 aromatic heterocycles. The van der Waals surface area contributed by atoms with E-state index in [9.17, 15) is 22.8 Å². The Kier molecular flexibility index (Phi) is 7.08. The first-order valence-electron chi connectivity index (χ1n) is 11.5. The number of hydrogen-bond acceptors (Lipinski definition) is 5. The van der Waals surface area contributed by atoms with E-state index >= 15 is 0 Å². The third-order valence-electron chi connectivity index (χ3n) is 6.41. The minimum atomic E-state index is -4.59. The van der Waals surface area contributed by atoms with Gasteiger partial charge in [-0.1, -0.05) is 12.8 Å². The molecule has 11 heteroatoms. The summed E-state index contributed by atoms with van der Waals surface area (Å²) >= 11 is 0. The molecular weight excluding hydrogens is 451 g/mol. The molecule has 0 bridgehead atoms. The molecule has 34 heavy (non-hydrogen) atoms. The monoisotopic (exact) mass is 479 g/mol. The van der Waals surface area contributed by atoms with Crippen molar-refractivity contribution in [3.8, 4) is 5.75 Å². The fourth-order valence-electron chi connectivity index (χ4n) is 4.67. The van der Waals surface area contributed by atoms with Crippen molar-refractivity contribution in [2.24, 2.45) is 0 Å². The van der Waals surface area contributed by atoms with Crippen LogP contribution in [0.5, 0.6) is 5.75 Å². The van der Waals surface area contributed by atoms with E-state index in [1.807, 2.05) is 11.6 Å². The molecule has 2 amide bonds. The lowest BCUT2D eigenvalue weighted by atomic mass is 10.0.